The van der Waals surface area contributed by atoms with E-state index < -0.39 is 61.1 Å². The fourth-order valence-corrected chi connectivity index (χ4v) is 6.91. The van der Waals surface area contributed by atoms with Crippen LogP contribution >= 0.6 is 0 Å². The Morgan fingerprint density at radius 2 is 1.22 bits per heavy atom. The number of nitro groups is 2. The number of anilines is 1. The molecule has 0 radical (unpaired) electrons. The molecule has 0 atom stereocenters. The van der Waals surface area contributed by atoms with Crippen molar-refractivity contribution in [2.24, 2.45) is 0 Å². The maximum Gasteiger partial charge on any atom is 1.00 e. The van der Waals surface area contributed by atoms with Crippen molar-refractivity contribution in [3.05, 3.63) is 128 Å². The number of benzene rings is 4. The summed E-state index contributed by atoms with van der Waals surface area (Å²) in [6.07, 6.45) is 2.68. The number of nitro benzene ring substituents is 2. The Hall–Kier alpha value is -3.35. The summed E-state index contributed by atoms with van der Waals surface area (Å²) in [5.74, 6) is -0.416. The van der Waals surface area contributed by atoms with Crippen LogP contribution in [0.2, 0.25) is 0 Å². The zero-order valence-electron chi connectivity index (χ0n) is 25.7. The molecule has 0 unspecified atom stereocenters. The quantitative estimate of drug-likeness (QED) is 0.0401. The summed E-state index contributed by atoms with van der Waals surface area (Å²) in [7, 11) is -16.3. The first-order valence-electron chi connectivity index (χ1n) is 12.6. The van der Waals surface area contributed by atoms with Crippen molar-refractivity contribution in [2.45, 2.75) is 20.4 Å². The predicted molar refractivity (Wildman–Crippen MR) is 166 cm³/mol. The van der Waals surface area contributed by atoms with Gasteiger partial charge in [0.1, 0.15) is 10.1 Å². The SMILES string of the molecule is O=S(=O)=O.O=[N+]([O-])c1ccc(S(=O)(=O)Cc2c[c-]c(/C=C/c3ccc(NS(=O)(=O)c4ccc([N+](=O)[O-])cc4)cc3S(=O)(=O)[O-])cc2)cc1.[Na+].[Na+]. The van der Waals surface area contributed by atoms with Crippen molar-refractivity contribution in [3.8, 4) is 0 Å². The summed E-state index contributed by atoms with van der Waals surface area (Å²) >= 11 is 0. The fourth-order valence-electron chi connectivity index (χ4n) is 3.83. The minimum Gasteiger partial charge on any atom is -0.744 e. The molecule has 1 N–H and O–H groups in total. The van der Waals surface area contributed by atoms with Crippen molar-refractivity contribution in [3.63, 3.8) is 0 Å². The van der Waals surface area contributed by atoms with Gasteiger partial charge in [-0.2, -0.15) is 5.56 Å². The molecule has 17 nitrogen and oxygen atoms in total. The number of hydrogen-bond acceptors (Lipinski definition) is 14. The van der Waals surface area contributed by atoms with E-state index >= 15 is 0 Å². The van der Waals surface area contributed by atoms with Crippen LogP contribution in [-0.2, 0) is 46.3 Å². The van der Waals surface area contributed by atoms with Gasteiger partial charge in [0.15, 0.2) is 9.84 Å². The molecule has 0 bridgehead atoms. The van der Waals surface area contributed by atoms with Gasteiger partial charge in [0.05, 0.1) is 30.2 Å². The molecule has 252 valence electrons. The van der Waals surface area contributed by atoms with Gasteiger partial charge in [0.25, 0.3) is 21.4 Å². The minimum absolute atomic E-state index is 0. The third-order valence-electron chi connectivity index (χ3n) is 6.00. The summed E-state index contributed by atoms with van der Waals surface area (Å²) in [6.45, 7) is 0. The molecule has 0 spiro atoms. The van der Waals surface area contributed by atoms with Gasteiger partial charge in [0, 0.05) is 30.0 Å². The van der Waals surface area contributed by atoms with Crippen molar-refractivity contribution < 1.29 is 111 Å². The van der Waals surface area contributed by atoms with E-state index in [4.69, 9.17) is 12.6 Å². The number of hydrogen-bond donors (Lipinski definition) is 1. The minimum atomic E-state index is -5.08. The summed E-state index contributed by atoms with van der Waals surface area (Å²) in [6, 6.07) is 18.9. The summed E-state index contributed by atoms with van der Waals surface area (Å²) in [4.78, 5) is 19.1. The predicted octanol–water partition coefficient (Wildman–Crippen LogP) is -2.84. The molecule has 0 heterocycles. The van der Waals surface area contributed by atoms with E-state index in [2.05, 4.69) is 10.8 Å². The van der Waals surface area contributed by atoms with Crippen LogP contribution in [0, 0.1) is 26.3 Å². The second-order valence-electron chi connectivity index (χ2n) is 9.26. The average Bonchev–Trinajstić information content (AvgIpc) is 3.00. The van der Waals surface area contributed by atoms with Gasteiger partial charge in [0.2, 0.25) is 0 Å². The molecule has 0 fully saturated rings. The first-order chi connectivity index (χ1) is 22.3. The van der Waals surface area contributed by atoms with Crippen molar-refractivity contribution in [1.82, 2.24) is 0 Å². The molecule has 0 aliphatic carbocycles. The molecule has 0 amide bonds. The van der Waals surface area contributed by atoms with Gasteiger partial charge in [-0.05, 0) is 42.0 Å². The first-order valence-corrected chi connectivity index (χ1v) is 18.1. The van der Waals surface area contributed by atoms with E-state index in [1.165, 1.54) is 42.5 Å². The molecule has 0 aromatic heterocycles. The second kappa shape index (κ2) is 18.8. The topological polar surface area (TPSA) is 275 Å². The normalized spacial score (nSPS) is 11.2. The number of sulfone groups is 1. The van der Waals surface area contributed by atoms with Crippen LogP contribution in [0.4, 0.5) is 17.1 Å². The molecule has 0 aliphatic rings. The Morgan fingerprint density at radius 3 is 1.66 bits per heavy atom. The zero-order chi connectivity index (χ0) is 35.9. The Kier molecular flexibility index (Phi) is 16.8. The molecular weight excluding hydrogens is 765 g/mol. The summed E-state index contributed by atoms with van der Waals surface area (Å²) in [5.41, 5.74) is -0.165. The van der Waals surface area contributed by atoms with E-state index in [1.807, 2.05) is 0 Å². The smallest absolute Gasteiger partial charge is 0.744 e. The van der Waals surface area contributed by atoms with E-state index in [9.17, 15) is 50.0 Å². The number of nitrogens with one attached hydrogen (secondary N) is 1. The van der Waals surface area contributed by atoms with Crippen LogP contribution in [-0.4, -0.2) is 52.3 Å². The number of rotatable bonds is 11. The average molecular weight is 784 g/mol. The largest absolute Gasteiger partial charge is 1.00 e. The Morgan fingerprint density at radius 1 is 0.720 bits per heavy atom. The first kappa shape index (κ1) is 44.7. The maximum absolute atomic E-state index is 12.7. The van der Waals surface area contributed by atoms with Crippen LogP contribution in [0.5, 0.6) is 0 Å². The zero-order valence-corrected chi connectivity index (χ0v) is 33.0. The van der Waals surface area contributed by atoms with Gasteiger partial charge in [-0.3, -0.25) is 25.0 Å². The second-order valence-corrected chi connectivity index (χ2v) is 14.7. The Bertz CT molecular complexity index is 2330. The molecule has 4 aromatic rings. The molecule has 0 saturated carbocycles. The van der Waals surface area contributed by atoms with E-state index in [0.29, 0.717) is 11.1 Å². The third kappa shape index (κ3) is 13.1. The summed E-state index contributed by atoms with van der Waals surface area (Å²) in [5, 5.41) is 21.6. The molecule has 0 saturated heterocycles. The number of sulfonamides is 1. The van der Waals surface area contributed by atoms with Crippen molar-refractivity contribution >= 4 is 69.8 Å². The van der Waals surface area contributed by atoms with Crippen LogP contribution in [0.3, 0.4) is 0 Å². The van der Waals surface area contributed by atoms with Gasteiger partial charge in [-0.1, -0.05) is 12.1 Å². The van der Waals surface area contributed by atoms with E-state index in [0.717, 1.165) is 54.6 Å². The maximum atomic E-state index is 12.7. The van der Waals surface area contributed by atoms with Crippen molar-refractivity contribution in [2.75, 3.05) is 4.72 Å². The number of non-ortho nitro benzene ring substituents is 2. The van der Waals surface area contributed by atoms with E-state index in [1.54, 1.807) is 0 Å². The standard InChI is InChI=1S/C27H20N3O11S3.2Na.O3S/c31-29(32)23-9-13-25(14-10-23)42(35,36)18-20-3-1-19(2-4-20)5-6-21-7-8-22(17-27(21)44(39,40)41)28-43(37,38)26-15-11-24(12-16-26)30(33)34;;;1-4(2)3/h1,3-17,28H,18H2,(H,39,40,41);;;/q-1;2*+1;/p-1/b6-5+;;;. The molecule has 4 aromatic carbocycles. The van der Waals surface area contributed by atoms with Crippen LogP contribution in [0.1, 0.15) is 16.7 Å². The molecule has 0 aliphatic heterocycles. The Balaban J connectivity index is 0.00000197. The van der Waals surface area contributed by atoms with Crippen molar-refractivity contribution in [1.29, 1.82) is 0 Å². The molecule has 50 heavy (non-hydrogen) atoms. The van der Waals surface area contributed by atoms with Crippen LogP contribution in [0.25, 0.3) is 12.2 Å². The third-order valence-corrected chi connectivity index (χ3v) is 9.99. The monoisotopic (exact) mass is 783 g/mol. The molecule has 23 heteroatoms. The van der Waals surface area contributed by atoms with Crippen LogP contribution < -0.4 is 63.8 Å². The number of nitrogens with zero attached hydrogens (tertiary/aromatic N) is 2. The molecular formula is C27H19N3Na2O14S4. The fraction of sp³-hybridized carbons (Fsp3) is 0.0370. The van der Waals surface area contributed by atoms with Gasteiger partial charge in [-0.25, -0.2) is 25.3 Å². The van der Waals surface area contributed by atoms with Gasteiger partial charge in [-0.15, -0.1) is 48.5 Å². The van der Waals surface area contributed by atoms with Gasteiger partial charge < -0.3 is 4.55 Å². The van der Waals surface area contributed by atoms with E-state index in [-0.39, 0.29) is 91.5 Å². The summed E-state index contributed by atoms with van der Waals surface area (Å²) < 4.78 is 114. The van der Waals surface area contributed by atoms with Crippen LogP contribution in [0.15, 0.2) is 99.6 Å². The van der Waals surface area contributed by atoms with Gasteiger partial charge >= 0.3 is 69.7 Å². The Labute approximate surface area is 331 Å². The molecule has 4 rings (SSSR count).